The zero-order valence-corrected chi connectivity index (χ0v) is 20.6. The van der Waals surface area contributed by atoms with Gasteiger partial charge in [0.2, 0.25) is 0 Å². The summed E-state index contributed by atoms with van der Waals surface area (Å²) < 4.78 is 5.17. The largest absolute Gasteiger partial charge is 0.528 e. The van der Waals surface area contributed by atoms with Gasteiger partial charge in [-0.15, -0.1) is 16.4 Å². The Morgan fingerprint density at radius 3 is 2.75 bits per heavy atom. The van der Waals surface area contributed by atoms with Crippen LogP contribution in [0, 0.1) is 0 Å². The summed E-state index contributed by atoms with van der Waals surface area (Å²) in [6, 6.07) is 12.4. The first kappa shape index (κ1) is 24.0. The second kappa shape index (κ2) is 10.5. The molecule has 36 heavy (non-hydrogen) atoms. The molecule has 10 nitrogen and oxygen atoms in total. The number of hydrogen-bond acceptors (Lipinski definition) is 9. The lowest BCUT2D eigenvalue weighted by molar-refractivity contribution is -0.140. The number of carbonyl (C=O) groups is 2. The second-order valence-corrected chi connectivity index (χ2v) is 9.68. The monoisotopic (exact) mass is 526 g/mol. The lowest BCUT2D eigenvalue weighted by Crippen LogP contribution is -2.35. The van der Waals surface area contributed by atoms with E-state index in [2.05, 4.69) is 20.5 Å². The number of piperidine rings is 1. The molecule has 0 saturated carbocycles. The molecular weight excluding hydrogens is 504 g/mol. The van der Waals surface area contributed by atoms with Crippen molar-refractivity contribution in [3.05, 3.63) is 69.1 Å². The van der Waals surface area contributed by atoms with Crippen molar-refractivity contribution in [1.82, 2.24) is 20.2 Å². The molecule has 0 unspecified atom stereocenters. The lowest BCUT2D eigenvalue weighted by atomic mass is 9.99. The van der Waals surface area contributed by atoms with Gasteiger partial charge in [0.1, 0.15) is 12.3 Å². The maximum Gasteiger partial charge on any atom is 0.528 e. The molecule has 1 aliphatic rings. The first-order chi connectivity index (χ1) is 17.4. The number of nitrogens with one attached hydrogen (secondary N) is 2. The number of anilines is 2. The van der Waals surface area contributed by atoms with Crippen molar-refractivity contribution >= 4 is 57.4 Å². The third-order valence-electron chi connectivity index (χ3n) is 5.88. The molecule has 1 aliphatic heterocycles. The van der Waals surface area contributed by atoms with E-state index in [1.165, 1.54) is 11.3 Å². The maximum absolute atomic E-state index is 12.7. The average molecular weight is 527 g/mol. The van der Waals surface area contributed by atoms with Crippen LogP contribution in [-0.2, 0) is 16.2 Å². The van der Waals surface area contributed by atoms with E-state index in [0.717, 1.165) is 34.3 Å². The van der Waals surface area contributed by atoms with E-state index in [1.807, 2.05) is 6.07 Å². The topological polar surface area (TPSA) is 135 Å². The van der Waals surface area contributed by atoms with Crippen LogP contribution in [0.1, 0.15) is 39.8 Å². The SMILES string of the molecule is Nc1n[nH]c2ccc(NC(=O)c3csc(C4CCN(OC(=O)OCc5ccc(Cl)cc5)CC4)n3)cc12. The molecule has 0 spiro atoms. The predicted molar refractivity (Wildman–Crippen MR) is 137 cm³/mol. The summed E-state index contributed by atoms with van der Waals surface area (Å²) in [5, 5.41) is 15.3. The number of rotatable bonds is 6. The molecule has 0 atom stereocenters. The minimum absolute atomic E-state index is 0.111. The Balaban J connectivity index is 1.10. The number of hydrogen-bond donors (Lipinski definition) is 3. The molecule has 3 heterocycles. The molecule has 2 aromatic carbocycles. The number of fused-ring (bicyclic) bond motifs is 1. The fourth-order valence-electron chi connectivity index (χ4n) is 3.94. The van der Waals surface area contributed by atoms with Crippen molar-refractivity contribution in [2.24, 2.45) is 0 Å². The van der Waals surface area contributed by atoms with Gasteiger partial charge in [0.25, 0.3) is 5.91 Å². The van der Waals surface area contributed by atoms with Crippen molar-refractivity contribution < 1.29 is 19.2 Å². The number of benzene rings is 2. The summed E-state index contributed by atoms with van der Waals surface area (Å²) in [7, 11) is 0. The van der Waals surface area contributed by atoms with Crippen LogP contribution in [0.5, 0.6) is 0 Å². The van der Waals surface area contributed by atoms with Gasteiger partial charge in [-0.05, 0) is 48.7 Å². The fraction of sp³-hybridized carbons (Fsp3) is 0.250. The number of carbonyl (C=O) groups excluding carboxylic acids is 2. The average Bonchev–Trinajstić information content (AvgIpc) is 3.52. The highest BCUT2D eigenvalue weighted by molar-refractivity contribution is 7.10. The summed E-state index contributed by atoms with van der Waals surface area (Å²) in [5.41, 5.74) is 8.44. The highest BCUT2D eigenvalue weighted by Crippen LogP contribution is 2.31. The molecule has 1 saturated heterocycles. The van der Waals surface area contributed by atoms with Crippen molar-refractivity contribution in [1.29, 1.82) is 0 Å². The number of hydroxylamine groups is 2. The Bertz CT molecular complexity index is 1380. The lowest BCUT2D eigenvalue weighted by Gasteiger charge is -2.28. The molecule has 1 amide bonds. The summed E-state index contributed by atoms with van der Waals surface area (Å²) in [4.78, 5) is 34.6. The third kappa shape index (κ3) is 5.59. The molecule has 0 aliphatic carbocycles. The normalized spacial score (nSPS) is 14.6. The first-order valence-corrected chi connectivity index (χ1v) is 12.5. The van der Waals surface area contributed by atoms with E-state index in [0.29, 0.717) is 35.3 Å². The third-order valence-corrected chi connectivity index (χ3v) is 7.14. The summed E-state index contributed by atoms with van der Waals surface area (Å²) in [6.07, 6.45) is 0.747. The van der Waals surface area contributed by atoms with E-state index in [9.17, 15) is 9.59 Å². The number of aromatic nitrogens is 3. The van der Waals surface area contributed by atoms with Crippen LogP contribution in [-0.4, -0.2) is 45.4 Å². The molecule has 1 fully saturated rings. The van der Waals surface area contributed by atoms with Crippen LogP contribution in [0.3, 0.4) is 0 Å². The van der Waals surface area contributed by atoms with Gasteiger partial charge >= 0.3 is 6.16 Å². The van der Waals surface area contributed by atoms with Crippen molar-refractivity contribution in [3.8, 4) is 0 Å². The van der Waals surface area contributed by atoms with Crippen molar-refractivity contribution in [2.75, 3.05) is 24.1 Å². The number of nitrogens with two attached hydrogens (primary N) is 1. The van der Waals surface area contributed by atoms with E-state index in [1.54, 1.807) is 46.8 Å². The molecule has 12 heteroatoms. The highest BCUT2D eigenvalue weighted by atomic mass is 35.5. The summed E-state index contributed by atoms with van der Waals surface area (Å²) >= 11 is 7.31. The first-order valence-electron chi connectivity index (χ1n) is 11.3. The van der Waals surface area contributed by atoms with Crippen LogP contribution < -0.4 is 11.1 Å². The molecule has 0 radical (unpaired) electrons. The van der Waals surface area contributed by atoms with Crippen LogP contribution in [0.15, 0.2) is 47.8 Å². The summed E-state index contributed by atoms with van der Waals surface area (Å²) in [5.74, 6) is 0.272. The Morgan fingerprint density at radius 2 is 1.97 bits per heavy atom. The molecule has 2 aromatic heterocycles. The number of ether oxygens (including phenoxy) is 1. The van der Waals surface area contributed by atoms with E-state index < -0.39 is 6.16 Å². The van der Waals surface area contributed by atoms with Gasteiger partial charge in [-0.2, -0.15) is 5.10 Å². The number of aromatic amines is 1. The zero-order chi connectivity index (χ0) is 25.1. The minimum Gasteiger partial charge on any atom is -0.428 e. The zero-order valence-electron chi connectivity index (χ0n) is 19.1. The number of halogens is 1. The van der Waals surface area contributed by atoms with Gasteiger partial charge in [0.15, 0.2) is 5.82 Å². The van der Waals surface area contributed by atoms with E-state index >= 15 is 0 Å². The number of amides is 1. The smallest absolute Gasteiger partial charge is 0.428 e. The highest BCUT2D eigenvalue weighted by Gasteiger charge is 2.26. The van der Waals surface area contributed by atoms with Gasteiger partial charge in [-0.25, -0.2) is 9.78 Å². The Labute approximate surface area is 215 Å². The molecule has 0 bridgehead atoms. The van der Waals surface area contributed by atoms with Crippen LogP contribution in [0.4, 0.5) is 16.3 Å². The second-order valence-electron chi connectivity index (χ2n) is 8.35. The van der Waals surface area contributed by atoms with E-state index in [-0.39, 0.29) is 18.4 Å². The molecule has 5 rings (SSSR count). The fourth-order valence-corrected chi connectivity index (χ4v) is 5.03. The van der Waals surface area contributed by atoms with Crippen LogP contribution in [0.25, 0.3) is 10.9 Å². The van der Waals surface area contributed by atoms with Crippen molar-refractivity contribution in [3.63, 3.8) is 0 Å². The number of nitrogens with zero attached hydrogens (tertiary/aromatic N) is 3. The Morgan fingerprint density at radius 1 is 1.19 bits per heavy atom. The van der Waals surface area contributed by atoms with Gasteiger partial charge < -0.3 is 20.6 Å². The molecule has 4 aromatic rings. The van der Waals surface area contributed by atoms with Gasteiger partial charge in [-0.3, -0.25) is 9.89 Å². The minimum atomic E-state index is -0.744. The number of nitrogen functional groups attached to an aromatic ring is 1. The van der Waals surface area contributed by atoms with Gasteiger partial charge in [-0.1, -0.05) is 23.7 Å². The number of thiazole rings is 1. The molecule has 4 N–H and O–H groups in total. The maximum atomic E-state index is 12.7. The quantitative estimate of drug-likeness (QED) is 0.300. The Kier molecular flexibility index (Phi) is 7.03. The van der Waals surface area contributed by atoms with Crippen molar-refractivity contribution in [2.45, 2.75) is 25.4 Å². The van der Waals surface area contributed by atoms with Crippen LogP contribution >= 0.6 is 22.9 Å². The van der Waals surface area contributed by atoms with E-state index in [4.69, 9.17) is 26.9 Å². The number of H-pyrrole nitrogens is 1. The molecule has 186 valence electrons. The Hall–Kier alpha value is -3.67. The molecular formula is C24H23ClN6O4S. The predicted octanol–water partition coefficient (Wildman–Crippen LogP) is 4.96. The standard InChI is InChI=1S/C24H23ClN6O4S/c25-16-3-1-14(2-4-16)12-34-24(33)35-31-9-7-15(8-10-31)23-28-20(13-36-23)22(32)27-17-5-6-19-18(11-17)21(26)30-29-19/h1-6,11,13,15H,7-10,12H2,(H,27,32)(H3,26,29,30). The van der Waals surface area contributed by atoms with Gasteiger partial charge in [0.05, 0.1) is 10.5 Å². The van der Waals surface area contributed by atoms with Crippen LogP contribution in [0.2, 0.25) is 5.02 Å². The van der Waals surface area contributed by atoms with Gasteiger partial charge in [0, 0.05) is 40.5 Å². The summed E-state index contributed by atoms with van der Waals surface area (Å²) in [6.45, 7) is 1.21.